The van der Waals surface area contributed by atoms with E-state index in [4.69, 9.17) is 0 Å². The summed E-state index contributed by atoms with van der Waals surface area (Å²) in [6.45, 7) is 2.01. The number of phenolic OH excluding ortho intramolecular Hbond substituents is 1. The number of nitrogens with zero attached hydrogens (tertiary/aromatic N) is 2. The Bertz CT molecular complexity index is 908. The summed E-state index contributed by atoms with van der Waals surface area (Å²) in [5.74, 6) is -0.0537. The number of rotatable bonds is 2. The second-order valence-electron chi connectivity index (χ2n) is 5.53. The van der Waals surface area contributed by atoms with Crippen molar-refractivity contribution < 1.29 is 9.90 Å². The molecule has 0 aliphatic carbocycles. The van der Waals surface area contributed by atoms with Gasteiger partial charge in [-0.1, -0.05) is 33.6 Å². The lowest BCUT2D eigenvalue weighted by Gasteiger charge is -2.07. The lowest BCUT2D eigenvalue weighted by molar-refractivity contribution is -0.121. The molecule has 0 saturated carbocycles. The largest absolute Gasteiger partial charge is 0.506 e. The number of carbonyl (C=O) groups is 1. The van der Waals surface area contributed by atoms with E-state index in [2.05, 4.69) is 36.9 Å². The van der Waals surface area contributed by atoms with Crippen LogP contribution in [0.3, 0.4) is 0 Å². The van der Waals surface area contributed by atoms with E-state index in [0.29, 0.717) is 20.1 Å². The zero-order valence-corrected chi connectivity index (χ0v) is 17.4. The van der Waals surface area contributed by atoms with Gasteiger partial charge in [0.25, 0.3) is 5.91 Å². The molecule has 1 N–H and O–H groups in total. The molecule has 0 bridgehead atoms. The number of thioether (sulfide) groups is 1. The van der Waals surface area contributed by atoms with Crippen molar-refractivity contribution in [3.05, 3.63) is 61.4 Å². The zero-order chi connectivity index (χ0) is 18.1. The van der Waals surface area contributed by atoms with Crippen molar-refractivity contribution in [3.63, 3.8) is 0 Å². The maximum Gasteiger partial charge on any atom is 0.266 e. The van der Waals surface area contributed by atoms with Crippen molar-refractivity contribution in [1.29, 1.82) is 0 Å². The molecule has 2 aromatic rings. The summed E-state index contributed by atoms with van der Waals surface area (Å²) in [7, 11) is 1.69. The first-order valence-electron chi connectivity index (χ1n) is 7.36. The predicted octanol–water partition coefficient (Wildman–Crippen LogP) is 5.46. The van der Waals surface area contributed by atoms with Crippen molar-refractivity contribution in [2.75, 3.05) is 7.05 Å². The van der Waals surface area contributed by atoms with Gasteiger partial charge >= 0.3 is 0 Å². The first kappa shape index (κ1) is 18.2. The zero-order valence-electron chi connectivity index (χ0n) is 13.5. The van der Waals surface area contributed by atoms with E-state index in [1.807, 2.05) is 31.2 Å². The lowest BCUT2D eigenvalue weighted by atomic mass is 10.2. The Morgan fingerprint density at radius 3 is 2.56 bits per heavy atom. The maximum absolute atomic E-state index is 12.5. The van der Waals surface area contributed by atoms with Gasteiger partial charge in [0, 0.05) is 17.1 Å². The summed E-state index contributed by atoms with van der Waals surface area (Å²) >= 11 is 7.98. The highest BCUT2D eigenvalue weighted by Crippen LogP contribution is 2.37. The van der Waals surface area contributed by atoms with Crippen LogP contribution in [-0.2, 0) is 4.79 Å². The molecule has 0 radical (unpaired) electrons. The number of aliphatic imine (C=N–C) groups is 1. The van der Waals surface area contributed by atoms with Gasteiger partial charge in [0.1, 0.15) is 5.75 Å². The first-order chi connectivity index (χ1) is 11.8. The molecule has 1 heterocycles. The van der Waals surface area contributed by atoms with Crippen molar-refractivity contribution in [2.24, 2.45) is 4.99 Å². The third-order valence-electron chi connectivity index (χ3n) is 3.61. The lowest BCUT2D eigenvalue weighted by Crippen LogP contribution is -2.23. The molecule has 4 nitrogen and oxygen atoms in total. The minimum absolute atomic E-state index is 0.0932. The fraction of sp³-hybridized carbons (Fsp3) is 0.111. The van der Waals surface area contributed by atoms with Crippen LogP contribution >= 0.6 is 43.6 Å². The molecule has 1 aliphatic heterocycles. The molecule has 1 saturated heterocycles. The van der Waals surface area contributed by atoms with Crippen molar-refractivity contribution in [3.8, 4) is 5.75 Å². The van der Waals surface area contributed by atoms with Crippen LogP contribution in [0.25, 0.3) is 6.08 Å². The van der Waals surface area contributed by atoms with Crippen LogP contribution in [0.1, 0.15) is 11.1 Å². The third-order valence-corrected chi connectivity index (χ3v) is 5.73. The molecule has 2 aromatic carbocycles. The van der Waals surface area contributed by atoms with E-state index in [1.165, 1.54) is 16.7 Å². The first-order valence-corrected chi connectivity index (χ1v) is 9.76. The Balaban J connectivity index is 1.95. The minimum atomic E-state index is -0.147. The van der Waals surface area contributed by atoms with E-state index in [1.54, 1.807) is 25.3 Å². The van der Waals surface area contributed by atoms with Crippen LogP contribution < -0.4 is 0 Å². The van der Waals surface area contributed by atoms with Gasteiger partial charge in [-0.25, -0.2) is 4.99 Å². The fourth-order valence-electron chi connectivity index (χ4n) is 2.22. The van der Waals surface area contributed by atoms with Crippen molar-refractivity contribution in [1.82, 2.24) is 4.90 Å². The molecular weight excluding hydrogens is 468 g/mol. The molecule has 0 atom stereocenters. The highest BCUT2D eigenvalue weighted by Gasteiger charge is 2.30. The van der Waals surface area contributed by atoms with Gasteiger partial charge in [-0.15, -0.1) is 0 Å². The van der Waals surface area contributed by atoms with Crippen molar-refractivity contribution >= 4 is 66.5 Å². The average Bonchev–Trinajstić information content (AvgIpc) is 2.82. The highest BCUT2D eigenvalue weighted by molar-refractivity contribution is 9.11. The summed E-state index contributed by atoms with van der Waals surface area (Å²) in [4.78, 5) is 19.1. The van der Waals surface area contributed by atoms with Crippen molar-refractivity contribution in [2.45, 2.75) is 6.92 Å². The van der Waals surface area contributed by atoms with Gasteiger partial charge in [0.05, 0.1) is 15.1 Å². The topological polar surface area (TPSA) is 52.9 Å². The van der Waals surface area contributed by atoms with E-state index in [9.17, 15) is 9.90 Å². The Hall–Kier alpha value is -1.57. The normalized spacial score (nSPS) is 17.8. The van der Waals surface area contributed by atoms with Crippen LogP contribution in [-0.4, -0.2) is 28.1 Å². The van der Waals surface area contributed by atoms with Gasteiger partial charge in [-0.2, -0.15) is 0 Å². The fourth-order valence-corrected chi connectivity index (χ4v) is 4.45. The van der Waals surface area contributed by atoms with E-state index < -0.39 is 0 Å². The molecule has 0 aromatic heterocycles. The van der Waals surface area contributed by atoms with Gasteiger partial charge in [0.15, 0.2) is 5.17 Å². The number of carbonyl (C=O) groups excluding carboxylic acids is 1. The van der Waals surface area contributed by atoms with Gasteiger partial charge in [-0.05, 0) is 65.0 Å². The van der Waals surface area contributed by atoms with Gasteiger partial charge in [-0.3, -0.25) is 9.69 Å². The van der Waals surface area contributed by atoms with E-state index in [-0.39, 0.29) is 11.7 Å². The summed E-state index contributed by atoms with van der Waals surface area (Å²) in [5.41, 5.74) is 2.51. The molecular formula is C18H14Br2N2O2S. The number of aromatic hydroxyl groups is 1. The molecule has 0 spiro atoms. The standard InChI is InChI=1S/C18H14Br2N2O2S/c1-10-3-5-13(6-4-10)21-18-22(2)17(24)15(25-18)8-11-7-12(19)9-14(20)16(11)23/h3-9,23H,1-2H3/b15-8+,21-18?. The molecule has 7 heteroatoms. The predicted molar refractivity (Wildman–Crippen MR) is 110 cm³/mol. The molecule has 1 fully saturated rings. The Morgan fingerprint density at radius 2 is 1.88 bits per heavy atom. The Morgan fingerprint density at radius 1 is 1.20 bits per heavy atom. The monoisotopic (exact) mass is 480 g/mol. The summed E-state index contributed by atoms with van der Waals surface area (Å²) in [5, 5.41) is 10.8. The number of aryl methyl sites for hydroxylation is 1. The number of likely N-dealkylation sites (N-methyl/N-ethyl adjacent to an activating group) is 1. The van der Waals surface area contributed by atoms with Crippen LogP contribution in [0.5, 0.6) is 5.75 Å². The quantitative estimate of drug-likeness (QED) is 0.579. The number of amides is 1. The molecule has 3 rings (SSSR count). The van der Waals surface area contributed by atoms with Crippen LogP contribution in [0, 0.1) is 6.92 Å². The second kappa shape index (κ2) is 7.35. The number of phenols is 1. The number of benzene rings is 2. The SMILES string of the molecule is Cc1ccc(N=C2S/C(=C/c3cc(Br)cc(Br)c3O)C(=O)N2C)cc1. The van der Waals surface area contributed by atoms with Gasteiger partial charge < -0.3 is 5.11 Å². The molecule has 1 amide bonds. The van der Waals surface area contributed by atoms with E-state index >= 15 is 0 Å². The minimum Gasteiger partial charge on any atom is -0.506 e. The molecule has 1 aliphatic rings. The smallest absolute Gasteiger partial charge is 0.266 e. The second-order valence-corrected chi connectivity index (χ2v) is 8.31. The van der Waals surface area contributed by atoms with E-state index in [0.717, 1.165) is 15.7 Å². The third kappa shape index (κ3) is 3.99. The highest BCUT2D eigenvalue weighted by atomic mass is 79.9. The summed E-state index contributed by atoms with van der Waals surface area (Å²) < 4.78 is 1.37. The number of hydrogen-bond donors (Lipinski definition) is 1. The molecule has 0 unspecified atom stereocenters. The Kier molecular flexibility index (Phi) is 5.36. The summed E-state index contributed by atoms with van der Waals surface area (Å²) in [6, 6.07) is 11.3. The van der Waals surface area contributed by atoms with Crippen LogP contribution in [0.2, 0.25) is 0 Å². The number of amidine groups is 1. The van der Waals surface area contributed by atoms with Crippen LogP contribution in [0.4, 0.5) is 5.69 Å². The Labute approximate surface area is 166 Å². The average molecular weight is 482 g/mol. The summed E-state index contributed by atoms with van der Waals surface area (Å²) in [6.07, 6.45) is 1.67. The molecule has 128 valence electrons. The molecule has 25 heavy (non-hydrogen) atoms. The number of halogens is 2. The maximum atomic E-state index is 12.5. The number of hydrogen-bond acceptors (Lipinski definition) is 4. The van der Waals surface area contributed by atoms with Gasteiger partial charge in [0.2, 0.25) is 0 Å². The van der Waals surface area contributed by atoms with Crippen LogP contribution in [0.15, 0.2) is 55.2 Å².